The van der Waals surface area contributed by atoms with Crippen molar-refractivity contribution in [1.29, 1.82) is 0 Å². The Labute approximate surface area is 131 Å². The fraction of sp³-hybridized carbons (Fsp3) is 0.625. The molecule has 0 aliphatic carbocycles. The Hall–Kier alpha value is -0.740. The van der Waals surface area contributed by atoms with Crippen LogP contribution in [0.25, 0.3) is 0 Å². The minimum absolute atomic E-state index is 0.305. The second kappa shape index (κ2) is 8.53. The lowest BCUT2D eigenvalue weighted by atomic mass is 9.96. The van der Waals surface area contributed by atoms with Crippen LogP contribution in [0.1, 0.15) is 45.2 Å². The molecular formula is C16H26BrNO2. The number of rotatable bonds is 8. The molecule has 1 rings (SSSR count). The molecule has 0 saturated carbocycles. The molecule has 0 aliphatic rings. The van der Waals surface area contributed by atoms with Gasteiger partial charge in [0.2, 0.25) is 0 Å². The van der Waals surface area contributed by atoms with Gasteiger partial charge in [0.15, 0.2) is 0 Å². The summed E-state index contributed by atoms with van der Waals surface area (Å²) in [7, 11) is 3.37. The summed E-state index contributed by atoms with van der Waals surface area (Å²) in [5.41, 5.74) is 1.18. The normalized spacial score (nSPS) is 12.6. The smallest absolute Gasteiger partial charge is 0.141 e. The molecule has 0 heterocycles. The molecule has 4 heteroatoms. The quantitative estimate of drug-likeness (QED) is 0.750. The number of hydrogen-bond acceptors (Lipinski definition) is 3. The second-order valence-electron chi connectivity index (χ2n) is 5.29. The third-order valence-corrected chi connectivity index (χ3v) is 4.13. The first-order valence-electron chi connectivity index (χ1n) is 7.18. The molecular weight excluding hydrogens is 318 g/mol. The van der Waals surface area contributed by atoms with E-state index in [1.807, 2.05) is 6.07 Å². The number of methoxy groups -OCH3 is 2. The Kier molecular flexibility index (Phi) is 7.38. The summed E-state index contributed by atoms with van der Waals surface area (Å²) in [5, 5.41) is 3.55. The molecule has 114 valence electrons. The minimum Gasteiger partial charge on any atom is -0.495 e. The first kappa shape index (κ1) is 17.3. The molecule has 0 aliphatic heterocycles. The predicted octanol–water partition coefficient (Wildman–Crippen LogP) is 4.55. The van der Waals surface area contributed by atoms with E-state index in [0.29, 0.717) is 12.0 Å². The van der Waals surface area contributed by atoms with Gasteiger partial charge in [0.05, 0.1) is 14.2 Å². The van der Waals surface area contributed by atoms with Gasteiger partial charge < -0.3 is 14.8 Å². The topological polar surface area (TPSA) is 30.5 Å². The van der Waals surface area contributed by atoms with Gasteiger partial charge in [-0.2, -0.15) is 0 Å². The summed E-state index contributed by atoms with van der Waals surface area (Å²) >= 11 is 3.57. The molecule has 0 radical (unpaired) electrons. The molecule has 0 amide bonds. The van der Waals surface area contributed by atoms with Crippen LogP contribution < -0.4 is 14.8 Å². The highest BCUT2D eigenvalue weighted by Crippen LogP contribution is 2.40. The van der Waals surface area contributed by atoms with Crippen molar-refractivity contribution in [3.8, 4) is 11.5 Å². The Morgan fingerprint density at radius 3 is 2.35 bits per heavy atom. The first-order chi connectivity index (χ1) is 9.54. The van der Waals surface area contributed by atoms with E-state index in [4.69, 9.17) is 9.47 Å². The van der Waals surface area contributed by atoms with Crippen LogP contribution in [-0.2, 0) is 0 Å². The van der Waals surface area contributed by atoms with Crippen LogP contribution >= 0.6 is 15.9 Å². The summed E-state index contributed by atoms with van der Waals surface area (Å²) in [5.74, 6) is 2.35. The predicted molar refractivity (Wildman–Crippen MR) is 87.7 cm³/mol. The molecule has 1 aromatic rings. The SMILES string of the molecule is CCNC(CCC(C)C)c1ccc(OC)c(Br)c1OC. The standard InChI is InChI=1S/C16H26BrNO2/c1-6-18-13(9-7-11(2)3)12-8-10-14(19-4)15(17)16(12)20-5/h8,10-11,13,18H,6-7,9H2,1-5H3. The zero-order valence-electron chi connectivity index (χ0n) is 13.1. The first-order valence-corrected chi connectivity index (χ1v) is 7.98. The van der Waals surface area contributed by atoms with Crippen molar-refractivity contribution in [3.63, 3.8) is 0 Å². The molecule has 0 aromatic heterocycles. The minimum atomic E-state index is 0.305. The Morgan fingerprint density at radius 1 is 1.15 bits per heavy atom. The van der Waals surface area contributed by atoms with Crippen molar-refractivity contribution >= 4 is 15.9 Å². The van der Waals surface area contributed by atoms with Gasteiger partial charge in [0.25, 0.3) is 0 Å². The average molecular weight is 344 g/mol. The van der Waals surface area contributed by atoms with Gasteiger partial charge >= 0.3 is 0 Å². The van der Waals surface area contributed by atoms with Gasteiger partial charge in [-0.05, 0) is 53.4 Å². The van der Waals surface area contributed by atoms with E-state index < -0.39 is 0 Å². The number of nitrogens with one attached hydrogen (secondary N) is 1. The number of hydrogen-bond donors (Lipinski definition) is 1. The maximum atomic E-state index is 5.59. The van der Waals surface area contributed by atoms with E-state index in [-0.39, 0.29) is 0 Å². The van der Waals surface area contributed by atoms with E-state index in [2.05, 4.69) is 48.1 Å². The van der Waals surface area contributed by atoms with E-state index in [9.17, 15) is 0 Å². The lowest BCUT2D eigenvalue weighted by Gasteiger charge is -2.23. The average Bonchev–Trinajstić information content (AvgIpc) is 2.43. The van der Waals surface area contributed by atoms with Crippen LogP contribution in [0.4, 0.5) is 0 Å². The van der Waals surface area contributed by atoms with Gasteiger partial charge in [-0.15, -0.1) is 0 Å². The van der Waals surface area contributed by atoms with Crippen LogP contribution in [0, 0.1) is 5.92 Å². The van der Waals surface area contributed by atoms with Gasteiger partial charge in [0, 0.05) is 11.6 Å². The van der Waals surface area contributed by atoms with Crippen LogP contribution in [-0.4, -0.2) is 20.8 Å². The fourth-order valence-electron chi connectivity index (χ4n) is 2.31. The van der Waals surface area contributed by atoms with Crippen LogP contribution in [0.5, 0.6) is 11.5 Å². The molecule has 1 atom stereocenters. The third-order valence-electron chi connectivity index (χ3n) is 3.37. The number of benzene rings is 1. The zero-order chi connectivity index (χ0) is 15.1. The van der Waals surface area contributed by atoms with E-state index in [1.165, 1.54) is 12.0 Å². The van der Waals surface area contributed by atoms with Gasteiger partial charge in [-0.25, -0.2) is 0 Å². The summed E-state index contributed by atoms with van der Waals surface area (Å²) in [6.45, 7) is 7.58. The summed E-state index contributed by atoms with van der Waals surface area (Å²) in [4.78, 5) is 0. The van der Waals surface area contributed by atoms with E-state index in [0.717, 1.165) is 28.9 Å². The Bertz CT molecular complexity index is 421. The van der Waals surface area contributed by atoms with Gasteiger partial charge in [-0.3, -0.25) is 0 Å². The zero-order valence-corrected chi connectivity index (χ0v) is 14.7. The maximum absolute atomic E-state index is 5.59. The van der Waals surface area contributed by atoms with Crippen molar-refractivity contribution in [3.05, 3.63) is 22.2 Å². The third kappa shape index (κ3) is 4.38. The lowest BCUT2D eigenvalue weighted by Crippen LogP contribution is -2.22. The number of halogens is 1. The van der Waals surface area contributed by atoms with Crippen LogP contribution in [0.2, 0.25) is 0 Å². The summed E-state index contributed by atoms with van der Waals surface area (Å²) in [6.07, 6.45) is 2.28. The fourth-order valence-corrected chi connectivity index (χ4v) is 2.99. The number of ether oxygens (including phenoxy) is 2. The molecule has 3 nitrogen and oxygen atoms in total. The van der Waals surface area contributed by atoms with Crippen molar-refractivity contribution in [2.75, 3.05) is 20.8 Å². The highest BCUT2D eigenvalue weighted by Gasteiger charge is 2.20. The molecule has 1 N–H and O–H groups in total. The molecule has 0 spiro atoms. The second-order valence-corrected chi connectivity index (χ2v) is 6.08. The monoisotopic (exact) mass is 343 g/mol. The molecule has 1 aromatic carbocycles. The molecule has 0 bridgehead atoms. The van der Waals surface area contributed by atoms with Crippen molar-refractivity contribution in [2.45, 2.75) is 39.7 Å². The molecule has 0 saturated heterocycles. The summed E-state index contributed by atoms with van der Waals surface area (Å²) < 4.78 is 11.8. The highest BCUT2D eigenvalue weighted by molar-refractivity contribution is 9.10. The van der Waals surface area contributed by atoms with E-state index >= 15 is 0 Å². The summed E-state index contributed by atoms with van der Waals surface area (Å²) in [6, 6.07) is 4.39. The van der Waals surface area contributed by atoms with Gasteiger partial charge in [0.1, 0.15) is 16.0 Å². The Morgan fingerprint density at radius 2 is 1.85 bits per heavy atom. The van der Waals surface area contributed by atoms with Crippen molar-refractivity contribution in [2.24, 2.45) is 5.92 Å². The van der Waals surface area contributed by atoms with Crippen LogP contribution in [0.3, 0.4) is 0 Å². The largest absolute Gasteiger partial charge is 0.495 e. The lowest BCUT2D eigenvalue weighted by molar-refractivity contribution is 0.373. The van der Waals surface area contributed by atoms with Crippen LogP contribution in [0.15, 0.2) is 16.6 Å². The van der Waals surface area contributed by atoms with Gasteiger partial charge in [-0.1, -0.05) is 20.8 Å². The van der Waals surface area contributed by atoms with E-state index in [1.54, 1.807) is 14.2 Å². The van der Waals surface area contributed by atoms with Crippen molar-refractivity contribution in [1.82, 2.24) is 5.32 Å². The molecule has 0 fully saturated rings. The maximum Gasteiger partial charge on any atom is 0.141 e. The highest BCUT2D eigenvalue weighted by atomic mass is 79.9. The molecule has 20 heavy (non-hydrogen) atoms. The Balaban J connectivity index is 3.08. The molecule has 1 unspecified atom stereocenters. The van der Waals surface area contributed by atoms with Crippen molar-refractivity contribution < 1.29 is 9.47 Å².